The zero-order chi connectivity index (χ0) is 18.8. The fourth-order valence-corrected chi connectivity index (χ4v) is 4.26. The molecule has 1 N–H and O–H groups in total. The maximum Gasteiger partial charge on any atom is 0.226 e. The van der Waals surface area contributed by atoms with Gasteiger partial charge in [0.2, 0.25) is 5.89 Å². The van der Waals surface area contributed by atoms with Gasteiger partial charge in [0, 0.05) is 37.8 Å². The summed E-state index contributed by atoms with van der Waals surface area (Å²) < 4.78 is 18.9. The van der Waals surface area contributed by atoms with Gasteiger partial charge < -0.3 is 9.52 Å². The lowest BCUT2D eigenvalue weighted by atomic mass is 9.99. The van der Waals surface area contributed by atoms with E-state index < -0.39 is 0 Å². The lowest BCUT2D eigenvalue weighted by Gasteiger charge is -2.41. The van der Waals surface area contributed by atoms with Crippen LogP contribution in [0.15, 0.2) is 28.7 Å². The molecule has 1 aromatic carbocycles. The van der Waals surface area contributed by atoms with Crippen molar-refractivity contribution >= 4 is 0 Å². The first-order chi connectivity index (χ1) is 13.1. The molecule has 1 aromatic heterocycles. The zero-order valence-corrected chi connectivity index (χ0v) is 15.9. The van der Waals surface area contributed by atoms with Crippen molar-refractivity contribution in [1.29, 1.82) is 0 Å². The van der Waals surface area contributed by atoms with E-state index in [1.54, 1.807) is 12.1 Å². The minimum Gasteiger partial charge on any atom is -0.441 e. The van der Waals surface area contributed by atoms with Gasteiger partial charge in [-0.15, -0.1) is 0 Å². The maximum atomic E-state index is 13.1. The molecule has 2 saturated heterocycles. The molecular formula is C21H28FN3O2. The second-order valence-corrected chi connectivity index (χ2v) is 7.83. The van der Waals surface area contributed by atoms with Gasteiger partial charge in [-0.1, -0.05) is 0 Å². The van der Waals surface area contributed by atoms with Crippen molar-refractivity contribution in [1.82, 2.24) is 14.8 Å². The topological polar surface area (TPSA) is 52.7 Å². The van der Waals surface area contributed by atoms with Crippen LogP contribution in [0.4, 0.5) is 4.39 Å². The van der Waals surface area contributed by atoms with Crippen LogP contribution in [0.25, 0.3) is 11.5 Å². The number of aryl methyl sites for hydroxylation is 1. The van der Waals surface area contributed by atoms with Crippen LogP contribution < -0.4 is 0 Å². The smallest absolute Gasteiger partial charge is 0.226 e. The molecule has 4 rings (SSSR count). The molecule has 3 heterocycles. The molecule has 2 aromatic rings. The van der Waals surface area contributed by atoms with Crippen molar-refractivity contribution < 1.29 is 13.9 Å². The third-order valence-corrected chi connectivity index (χ3v) is 5.86. The highest BCUT2D eigenvalue weighted by atomic mass is 19.1. The summed E-state index contributed by atoms with van der Waals surface area (Å²) >= 11 is 0. The molecule has 1 atom stereocenters. The second-order valence-electron chi connectivity index (χ2n) is 7.83. The summed E-state index contributed by atoms with van der Waals surface area (Å²) in [7, 11) is 0. The molecule has 2 fully saturated rings. The number of hydrogen-bond donors (Lipinski definition) is 1. The molecule has 0 aliphatic carbocycles. The monoisotopic (exact) mass is 373 g/mol. The van der Waals surface area contributed by atoms with Gasteiger partial charge in [-0.25, -0.2) is 9.37 Å². The van der Waals surface area contributed by atoms with Crippen LogP contribution in [0, 0.1) is 12.7 Å². The van der Waals surface area contributed by atoms with Crippen LogP contribution >= 0.6 is 0 Å². The Labute approximate surface area is 159 Å². The normalized spacial score (nSPS) is 23.0. The molecule has 0 bridgehead atoms. The van der Waals surface area contributed by atoms with E-state index in [9.17, 15) is 9.50 Å². The summed E-state index contributed by atoms with van der Waals surface area (Å²) in [5, 5.41) is 9.91. The van der Waals surface area contributed by atoms with Crippen molar-refractivity contribution in [2.75, 3.05) is 26.2 Å². The lowest BCUT2D eigenvalue weighted by Crippen LogP contribution is -2.49. The van der Waals surface area contributed by atoms with E-state index in [0.717, 1.165) is 75.4 Å². The van der Waals surface area contributed by atoms with Crippen molar-refractivity contribution in [3.8, 4) is 11.5 Å². The first-order valence-electron chi connectivity index (χ1n) is 9.95. The van der Waals surface area contributed by atoms with Gasteiger partial charge in [-0.05, 0) is 63.4 Å². The first kappa shape index (κ1) is 18.6. The predicted octanol–water partition coefficient (Wildman–Crippen LogP) is 3.21. The number of aliphatic hydroxyl groups excluding tert-OH is 1. The second kappa shape index (κ2) is 8.09. The Morgan fingerprint density at radius 2 is 1.89 bits per heavy atom. The molecule has 5 nitrogen and oxygen atoms in total. The van der Waals surface area contributed by atoms with Crippen LogP contribution in [0.3, 0.4) is 0 Å². The Hall–Kier alpha value is -1.76. The number of rotatable bonds is 4. The fourth-order valence-electron chi connectivity index (χ4n) is 4.26. The summed E-state index contributed by atoms with van der Waals surface area (Å²) in [5.74, 6) is 1.13. The van der Waals surface area contributed by atoms with Crippen molar-refractivity contribution in [3.63, 3.8) is 0 Å². The van der Waals surface area contributed by atoms with Gasteiger partial charge in [-0.2, -0.15) is 0 Å². The Morgan fingerprint density at radius 1 is 1.15 bits per heavy atom. The molecule has 146 valence electrons. The standard InChI is InChI=1S/C21H28FN3O2/c1-15-20(23-21(27-15)16-4-6-17(22)7-5-16)14-24-11-8-18(9-12-24)25-10-2-3-19(26)13-25/h4-7,18-19,26H,2-3,8-14H2,1H3/t19-/m1/s1. The zero-order valence-electron chi connectivity index (χ0n) is 15.9. The molecule has 2 aliphatic rings. The molecule has 0 saturated carbocycles. The number of aliphatic hydroxyl groups is 1. The number of piperidine rings is 2. The summed E-state index contributed by atoms with van der Waals surface area (Å²) in [6, 6.07) is 6.84. The van der Waals surface area contributed by atoms with E-state index in [1.807, 2.05) is 6.92 Å². The van der Waals surface area contributed by atoms with Crippen molar-refractivity contribution in [3.05, 3.63) is 41.5 Å². The van der Waals surface area contributed by atoms with E-state index >= 15 is 0 Å². The van der Waals surface area contributed by atoms with Crippen molar-refractivity contribution in [2.24, 2.45) is 0 Å². The van der Waals surface area contributed by atoms with Crippen LogP contribution in [0.1, 0.15) is 37.1 Å². The largest absolute Gasteiger partial charge is 0.441 e. The number of oxazole rings is 1. The van der Waals surface area contributed by atoms with E-state index in [-0.39, 0.29) is 11.9 Å². The summed E-state index contributed by atoms with van der Waals surface area (Å²) in [5.41, 5.74) is 1.76. The van der Waals surface area contributed by atoms with E-state index in [2.05, 4.69) is 14.8 Å². The van der Waals surface area contributed by atoms with Crippen LogP contribution in [0.5, 0.6) is 0 Å². The molecule has 0 unspecified atom stereocenters. The van der Waals surface area contributed by atoms with E-state index in [1.165, 1.54) is 12.1 Å². The molecule has 0 spiro atoms. The number of hydrogen-bond acceptors (Lipinski definition) is 5. The quantitative estimate of drug-likeness (QED) is 0.892. The summed E-state index contributed by atoms with van der Waals surface area (Å²) in [4.78, 5) is 9.55. The van der Waals surface area contributed by atoms with Gasteiger partial charge in [0.1, 0.15) is 11.6 Å². The molecule has 2 aliphatic heterocycles. The average molecular weight is 373 g/mol. The number of aromatic nitrogens is 1. The van der Waals surface area contributed by atoms with Gasteiger partial charge >= 0.3 is 0 Å². The number of benzene rings is 1. The molecule has 0 amide bonds. The minimum atomic E-state index is -0.258. The highest BCUT2D eigenvalue weighted by Crippen LogP contribution is 2.25. The number of β-amino-alcohol motifs (C(OH)–C–C–N with tert-alkyl or cyclic N) is 1. The first-order valence-corrected chi connectivity index (χ1v) is 9.95. The average Bonchev–Trinajstić information content (AvgIpc) is 3.03. The summed E-state index contributed by atoms with van der Waals surface area (Å²) in [6.45, 7) is 6.74. The van der Waals surface area contributed by atoms with Crippen LogP contribution in [-0.4, -0.2) is 58.2 Å². The lowest BCUT2D eigenvalue weighted by molar-refractivity contribution is 0.0242. The van der Waals surface area contributed by atoms with Gasteiger partial charge in [-0.3, -0.25) is 9.80 Å². The molecule has 6 heteroatoms. The highest BCUT2D eigenvalue weighted by molar-refractivity contribution is 5.53. The maximum absolute atomic E-state index is 13.1. The van der Waals surface area contributed by atoms with Crippen LogP contribution in [0.2, 0.25) is 0 Å². The fraction of sp³-hybridized carbons (Fsp3) is 0.571. The van der Waals surface area contributed by atoms with E-state index in [0.29, 0.717) is 11.9 Å². The highest BCUT2D eigenvalue weighted by Gasteiger charge is 2.28. The Morgan fingerprint density at radius 3 is 2.59 bits per heavy atom. The third-order valence-electron chi connectivity index (χ3n) is 5.86. The number of likely N-dealkylation sites (tertiary alicyclic amines) is 2. The molecular weight excluding hydrogens is 345 g/mol. The van der Waals surface area contributed by atoms with Gasteiger partial charge in [0.25, 0.3) is 0 Å². The van der Waals surface area contributed by atoms with Gasteiger partial charge in [0.15, 0.2) is 0 Å². The predicted molar refractivity (Wildman–Crippen MR) is 102 cm³/mol. The Bertz CT molecular complexity index is 753. The minimum absolute atomic E-state index is 0.153. The third kappa shape index (κ3) is 4.39. The molecule has 0 radical (unpaired) electrons. The van der Waals surface area contributed by atoms with Crippen LogP contribution in [-0.2, 0) is 6.54 Å². The molecule has 27 heavy (non-hydrogen) atoms. The van der Waals surface area contributed by atoms with Gasteiger partial charge in [0.05, 0.1) is 11.8 Å². The number of nitrogens with zero attached hydrogens (tertiary/aromatic N) is 3. The van der Waals surface area contributed by atoms with E-state index in [4.69, 9.17) is 4.42 Å². The Kier molecular flexibility index (Phi) is 5.57. The SMILES string of the molecule is Cc1oc(-c2ccc(F)cc2)nc1CN1CCC(N2CCC[C@@H](O)C2)CC1. The van der Waals surface area contributed by atoms with Crippen molar-refractivity contribution in [2.45, 2.75) is 51.3 Å². The summed E-state index contributed by atoms with van der Waals surface area (Å²) in [6.07, 6.45) is 4.16. The number of halogens is 1. The Balaban J connectivity index is 1.34.